The van der Waals surface area contributed by atoms with Crippen LogP contribution in [-0.2, 0) is 24.1 Å². The smallest absolute Gasteiger partial charge is 0.328 e. The third-order valence-electron chi connectivity index (χ3n) is 4.59. The van der Waals surface area contributed by atoms with E-state index in [0.29, 0.717) is 18.9 Å². The number of ether oxygens (including phenoxy) is 3. The first-order valence-corrected chi connectivity index (χ1v) is 11.1. The Morgan fingerprint density at radius 1 is 1.14 bits per heavy atom. The van der Waals surface area contributed by atoms with Crippen molar-refractivity contribution in [3.05, 3.63) is 24.3 Å². The molecule has 0 spiro atoms. The molecule has 1 saturated heterocycles. The lowest BCUT2D eigenvalue weighted by atomic mass is 9.99. The summed E-state index contributed by atoms with van der Waals surface area (Å²) in [6.07, 6.45) is 1.84. The molecule has 0 unspecified atom stereocenters. The summed E-state index contributed by atoms with van der Waals surface area (Å²) in [6.45, 7) is 6.69. The van der Waals surface area contributed by atoms with Crippen molar-refractivity contribution in [2.24, 2.45) is 5.73 Å². The molecule has 2 N–H and O–H groups in total. The predicted octanol–water partition coefficient (Wildman–Crippen LogP) is 2.47. The standard InChI is InChI=1S/C20H31NO6S/c1-19(2,3)27-18(22)20(10-14-25-15-11-20)28(23,24)17-8-6-16(7-9-17)26-13-5-4-12-21/h6-9H,4-5,10-15,21H2,1-3H3. The lowest BCUT2D eigenvalue weighted by Gasteiger charge is -2.36. The molecule has 0 atom stereocenters. The highest BCUT2D eigenvalue weighted by Gasteiger charge is 2.54. The monoisotopic (exact) mass is 413 g/mol. The number of nitrogens with two attached hydrogens (primary N) is 1. The Hall–Kier alpha value is -1.64. The summed E-state index contributed by atoms with van der Waals surface area (Å²) in [5.74, 6) is -0.139. The molecule has 1 aliphatic rings. The van der Waals surface area contributed by atoms with E-state index in [1.807, 2.05) is 0 Å². The molecule has 1 heterocycles. The molecule has 0 radical (unpaired) electrons. The molecule has 0 saturated carbocycles. The third kappa shape index (κ3) is 5.24. The molecule has 1 aromatic rings. The van der Waals surface area contributed by atoms with Gasteiger partial charge in [0.1, 0.15) is 11.4 Å². The van der Waals surface area contributed by atoms with Crippen LogP contribution in [0.4, 0.5) is 0 Å². The van der Waals surface area contributed by atoms with E-state index in [4.69, 9.17) is 19.9 Å². The Morgan fingerprint density at radius 2 is 1.75 bits per heavy atom. The van der Waals surface area contributed by atoms with E-state index in [0.717, 1.165) is 12.8 Å². The van der Waals surface area contributed by atoms with Gasteiger partial charge in [0, 0.05) is 26.1 Å². The van der Waals surface area contributed by atoms with Gasteiger partial charge in [-0.05, 0) is 64.4 Å². The van der Waals surface area contributed by atoms with Crippen molar-refractivity contribution in [2.45, 2.75) is 61.7 Å². The topological polar surface area (TPSA) is 105 Å². The van der Waals surface area contributed by atoms with Crippen LogP contribution in [-0.4, -0.2) is 51.1 Å². The molecular formula is C20H31NO6S. The normalized spacial score (nSPS) is 17.1. The first kappa shape index (κ1) is 22.6. The number of unbranched alkanes of at least 4 members (excludes halogenated alkanes) is 1. The fourth-order valence-electron chi connectivity index (χ4n) is 3.03. The van der Waals surface area contributed by atoms with Gasteiger partial charge >= 0.3 is 5.97 Å². The van der Waals surface area contributed by atoms with Gasteiger partial charge < -0.3 is 19.9 Å². The Balaban J connectivity index is 2.26. The summed E-state index contributed by atoms with van der Waals surface area (Å²) < 4.78 is 41.6. The minimum absolute atomic E-state index is 0.0710. The van der Waals surface area contributed by atoms with Crippen LogP contribution in [0, 0.1) is 0 Å². The van der Waals surface area contributed by atoms with Crippen molar-refractivity contribution in [1.82, 2.24) is 0 Å². The first-order valence-electron chi connectivity index (χ1n) is 9.61. The van der Waals surface area contributed by atoms with Crippen LogP contribution in [0.1, 0.15) is 46.5 Å². The first-order chi connectivity index (χ1) is 13.1. The maximum Gasteiger partial charge on any atom is 0.328 e. The van der Waals surface area contributed by atoms with E-state index in [-0.39, 0.29) is 31.0 Å². The maximum absolute atomic E-state index is 13.4. The van der Waals surface area contributed by atoms with Gasteiger partial charge in [-0.1, -0.05) is 0 Å². The van der Waals surface area contributed by atoms with E-state index < -0.39 is 26.2 Å². The number of rotatable bonds is 8. The van der Waals surface area contributed by atoms with Gasteiger partial charge in [0.2, 0.25) is 0 Å². The second-order valence-corrected chi connectivity index (χ2v) is 10.2. The van der Waals surface area contributed by atoms with Gasteiger partial charge in [-0.25, -0.2) is 8.42 Å². The van der Waals surface area contributed by atoms with Gasteiger partial charge in [0.05, 0.1) is 11.5 Å². The van der Waals surface area contributed by atoms with E-state index >= 15 is 0 Å². The molecule has 0 aliphatic carbocycles. The van der Waals surface area contributed by atoms with Crippen molar-refractivity contribution < 1.29 is 27.4 Å². The number of benzene rings is 1. The molecule has 8 heteroatoms. The zero-order valence-electron chi connectivity index (χ0n) is 16.9. The fraction of sp³-hybridized carbons (Fsp3) is 0.650. The highest BCUT2D eigenvalue weighted by molar-refractivity contribution is 7.93. The Labute approximate surface area is 167 Å². The van der Waals surface area contributed by atoms with Crippen molar-refractivity contribution in [3.8, 4) is 5.75 Å². The molecule has 1 fully saturated rings. The Kier molecular flexibility index (Phi) is 7.47. The highest BCUT2D eigenvalue weighted by atomic mass is 32.2. The summed E-state index contributed by atoms with van der Waals surface area (Å²) in [5.41, 5.74) is 4.67. The highest BCUT2D eigenvalue weighted by Crippen LogP contribution is 2.37. The summed E-state index contributed by atoms with van der Waals surface area (Å²) in [6, 6.07) is 6.18. The van der Waals surface area contributed by atoms with E-state index in [1.54, 1.807) is 32.9 Å². The minimum Gasteiger partial charge on any atom is -0.494 e. The molecule has 0 aromatic heterocycles. The van der Waals surface area contributed by atoms with Gasteiger partial charge in [-0.15, -0.1) is 0 Å². The predicted molar refractivity (Wildman–Crippen MR) is 106 cm³/mol. The molecule has 0 bridgehead atoms. The molecule has 158 valence electrons. The van der Waals surface area contributed by atoms with Gasteiger partial charge in [0.25, 0.3) is 0 Å². The summed E-state index contributed by atoms with van der Waals surface area (Å²) >= 11 is 0. The molecule has 1 aliphatic heterocycles. The number of esters is 1. The lowest BCUT2D eigenvalue weighted by molar-refractivity contribution is -0.160. The number of hydrogen-bond acceptors (Lipinski definition) is 7. The van der Waals surface area contributed by atoms with Gasteiger partial charge in [0.15, 0.2) is 14.6 Å². The van der Waals surface area contributed by atoms with Crippen molar-refractivity contribution in [1.29, 1.82) is 0 Å². The zero-order valence-corrected chi connectivity index (χ0v) is 17.7. The van der Waals surface area contributed by atoms with Crippen molar-refractivity contribution >= 4 is 15.8 Å². The van der Waals surface area contributed by atoms with Crippen molar-refractivity contribution in [2.75, 3.05) is 26.4 Å². The van der Waals surface area contributed by atoms with E-state index in [2.05, 4.69) is 0 Å². The number of carbonyl (C=O) groups is 1. The van der Waals surface area contributed by atoms with Crippen LogP contribution < -0.4 is 10.5 Å². The Bertz CT molecular complexity index is 746. The summed E-state index contributed by atoms with van der Waals surface area (Å²) in [5, 5.41) is 0. The minimum atomic E-state index is -3.97. The molecule has 1 aromatic carbocycles. The number of sulfone groups is 1. The maximum atomic E-state index is 13.4. The quantitative estimate of drug-likeness (QED) is 0.515. The average Bonchev–Trinajstić information content (AvgIpc) is 2.64. The largest absolute Gasteiger partial charge is 0.494 e. The summed E-state index contributed by atoms with van der Waals surface area (Å²) in [4.78, 5) is 13.0. The summed E-state index contributed by atoms with van der Waals surface area (Å²) in [7, 11) is -3.97. The molecular weight excluding hydrogens is 382 g/mol. The van der Waals surface area contributed by atoms with Gasteiger partial charge in [-0.2, -0.15) is 0 Å². The molecule has 0 amide bonds. The Morgan fingerprint density at radius 3 is 2.29 bits per heavy atom. The zero-order chi connectivity index (χ0) is 20.8. The van der Waals surface area contributed by atoms with Crippen molar-refractivity contribution in [3.63, 3.8) is 0 Å². The van der Waals surface area contributed by atoms with Crippen LogP contribution in [0.5, 0.6) is 5.75 Å². The number of hydrogen-bond donors (Lipinski definition) is 1. The van der Waals surface area contributed by atoms with Crippen LogP contribution in [0.2, 0.25) is 0 Å². The van der Waals surface area contributed by atoms with E-state index in [9.17, 15) is 13.2 Å². The fourth-order valence-corrected chi connectivity index (χ4v) is 4.94. The van der Waals surface area contributed by atoms with Gasteiger partial charge in [-0.3, -0.25) is 4.79 Å². The second kappa shape index (κ2) is 9.24. The van der Waals surface area contributed by atoms with Crippen LogP contribution in [0.15, 0.2) is 29.2 Å². The average molecular weight is 414 g/mol. The molecule has 7 nitrogen and oxygen atoms in total. The molecule has 28 heavy (non-hydrogen) atoms. The second-order valence-electron chi connectivity index (χ2n) is 7.93. The van der Waals surface area contributed by atoms with Crippen LogP contribution in [0.3, 0.4) is 0 Å². The SMILES string of the molecule is CC(C)(C)OC(=O)C1(S(=O)(=O)c2ccc(OCCCCN)cc2)CCOCC1. The van der Waals surface area contributed by atoms with Crippen LogP contribution in [0.25, 0.3) is 0 Å². The van der Waals surface area contributed by atoms with Crippen LogP contribution >= 0.6 is 0 Å². The third-order valence-corrected chi connectivity index (χ3v) is 7.08. The number of carbonyl (C=O) groups excluding carboxylic acids is 1. The molecule has 2 rings (SSSR count). The lowest BCUT2D eigenvalue weighted by Crippen LogP contribution is -2.53. The van der Waals surface area contributed by atoms with E-state index in [1.165, 1.54) is 12.1 Å².